The molecule has 0 radical (unpaired) electrons. The van der Waals surface area contributed by atoms with Crippen LogP contribution in [0.5, 0.6) is 0 Å². The number of benzene rings is 1. The molecule has 0 fully saturated rings. The first kappa shape index (κ1) is 14.7. The smallest absolute Gasteiger partial charge is 0.337 e. The van der Waals surface area contributed by atoms with Crippen LogP contribution in [-0.2, 0) is 10.0 Å². The molecule has 0 aliphatic rings. The molecule has 5 nitrogen and oxygen atoms in total. The number of carboxylic acid groups (broad SMARTS) is 1. The van der Waals surface area contributed by atoms with Crippen molar-refractivity contribution in [2.75, 3.05) is 13.1 Å². The van der Waals surface area contributed by atoms with Crippen LogP contribution in [0.4, 0.5) is 0 Å². The second-order valence-corrected chi connectivity index (χ2v) is 5.72. The topological polar surface area (TPSA) is 74.7 Å². The SMILES string of the molecule is CCN(CC)S(=O)(=O)c1c(C)cccc1C(=O)O. The van der Waals surface area contributed by atoms with E-state index in [0.717, 1.165) is 0 Å². The Morgan fingerprint density at radius 1 is 1.28 bits per heavy atom. The van der Waals surface area contributed by atoms with Gasteiger partial charge in [-0.1, -0.05) is 26.0 Å². The molecule has 1 N–H and O–H groups in total. The van der Waals surface area contributed by atoms with Crippen LogP contribution in [0.1, 0.15) is 29.8 Å². The maximum absolute atomic E-state index is 12.4. The highest BCUT2D eigenvalue weighted by Gasteiger charge is 2.28. The van der Waals surface area contributed by atoms with Gasteiger partial charge in [-0.05, 0) is 18.6 Å². The van der Waals surface area contributed by atoms with E-state index in [-0.39, 0.29) is 10.5 Å². The summed E-state index contributed by atoms with van der Waals surface area (Å²) in [6.07, 6.45) is 0. The van der Waals surface area contributed by atoms with Crippen LogP contribution in [0.15, 0.2) is 23.1 Å². The lowest BCUT2D eigenvalue weighted by Crippen LogP contribution is -2.32. The first-order valence-corrected chi connectivity index (χ1v) is 7.13. The number of sulfonamides is 1. The fourth-order valence-electron chi connectivity index (χ4n) is 1.86. The van der Waals surface area contributed by atoms with Crippen LogP contribution >= 0.6 is 0 Å². The number of rotatable bonds is 5. The number of hydrogen-bond acceptors (Lipinski definition) is 3. The monoisotopic (exact) mass is 271 g/mol. The fourth-order valence-corrected chi connectivity index (χ4v) is 3.70. The molecule has 0 spiro atoms. The third kappa shape index (κ3) is 2.54. The zero-order valence-corrected chi connectivity index (χ0v) is 11.5. The van der Waals surface area contributed by atoms with Crippen LogP contribution in [0.2, 0.25) is 0 Å². The Bertz CT molecular complexity index is 547. The number of aromatic carboxylic acids is 1. The minimum atomic E-state index is -3.76. The van der Waals surface area contributed by atoms with E-state index in [0.29, 0.717) is 18.7 Å². The summed E-state index contributed by atoms with van der Waals surface area (Å²) in [4.78, 5) is 11.0. The van der Waals surface area contributed by atoms with Gasteiger partial charge in [0.2, 0.25) is 10.0 Å². The Labute approximate surface area is 107 Å². The third-order valence-electron chi connectivity index (χ3n) is 2.75. The quantitative estimate of drug-likeness (QED) is 0.885. The Kier molecular flexibility index (Phi) is 4.48. The highest BCUT2D eigenvalue weighted by molar-refractivity contribution is 7.89. The molecule has 1 aromatic rings. The van der Waals surface area contributed by atoms with E-state index in [1.54, 1.807) is 32.9 Å². The highest BCUT2D eigenvalue weighted by atomic mass is 32.2. The van der Waals surface area contributed by atoms with Gasteiger partial charge in [0.05, 0.1) is 10.5 Å². The van der Waals surface area contributed by atoms with Crippen molar-refractivity contribution in [2.24, 2.45) is 0 Å². The van der Waals surface area contributed by atoms with Crippen LogP contribution in [-0.4, -0.2) is 36.9 Å². The molecule has 1 rings (SSSR count). The molecule has 100 valence electrons. The number of carbonyl (C=O) groups is 1. The number of hydrogen-bond donors (Lipinski definition) is 1. The predicted octanol–water partition coefficient (Wildman–Crippen LogP) is 1.72. The van der Waals surface area contributed by atoms with Crippen molar-refractivity contribution in [1.82, 2.24) is 4.31 Å². The molecular weight excluding hydrogens is 254 g/mol. The van der Waals surface area contributed by atoms with Crippen molar-refractivity contribution < 1.29 is 18.3 Å². The van der Waals surface area contributed by atoms with E-state index in [4.69, 9.17) is 5.11 Å². The van der Waals surface area contributed by atoms with E-state index >= 15 is 0 Å². The molecule has 0 unspecified atom stereocenters. The van der Waals surface area contributed by atoms with E-state index in [1.165, 1.54) is 10.4 Å². The predicted molar refractivity (Wildman–Crippen MR) is 68.2 cm³/mol. The van der Waals surface area contributed by atoms with Gasteiger partial charge in [0.1, 0.15) is 0 Å². The highest BCUT2D eigenvalue weighted by Crippen LogP contribution is 2.24. The normalized spacial score (nSPS) is 11.8. The van der Waals surface area contributed by atoms with E-state index < -0.39 is 16.0 Å². The Morgan fingerprint density at radius 2 is 1.83 bits per heavy atom. The summed E-state index contributed by atoms with van der Waals surface area (Å²) in [5.74, 6) is -1.23. The lowest BCUT2D eigenvalue weighted by atomic mass is 10.1. The van der Waals surface area contributed by atoms with Crippen molar-refractivity contribution in [3.05, 3.63) is 29.3 Å². The molecule has 1 aromatic carbocycles. The molecule has 0 saturated carbocycles. The largest absolute Gasteiger partial charge is 0.478 e. The van der Waals surface area contributed by atoms with Crippen molar-refractivity contribution in [3.8, 4) is 0 Å². The Balaban J connectivity index is 3.54. The number of carboxylic acids is 1. The molecule has 0 aliphatic carbocycles. The summed E-state index contributed by atoms with van der Waals surface area (Å²) in [6, 6.07) is 4.45. The first-order chi connectivity index (χ1) is 8.36. The molecule has 6 heteroatoms. The molecule has 0 amide bonds. The van der Waals surface area contributed by atoms with Crippen molar-refractivity contribution in [2.45, 2.75) is 25.7 Å². The molecule has 0 aromatic heterocycles. The lowest BCUT2D eigenvalue weighted by Gasteiger charge is -2.20. The van der Waals surface area contributed by atoms with Crippen LogP contribution in [0, 0.1) is 6.92 Å². The number of aryl methyl sites for hydroxylation is 1. The van der Waals surface area contributed by atoms with Crippen molar-refractivity contribution in [1.29, 1.82) is 0 Å². The molecule has 0 atom stereocenters. The third-order valence-corrected chi connectivity index (χ3v) is 5.00. The second-order valence-electron chi connectivity index (χ2n) is 3.85. The van der Waals surface area contributed by atoms with Crippen LogP contribution < -0.4 is 0 Å². The van der Waals surface area contributed by atoms with Gasteiger partial charge >= 0.3 is 5.97 Å². The van der Waals surface area contributed by atoms with Gasteiger partial charge < -0.3 is 5.11 Å². The van der Waals surface area contributed by atoms with E-state index in [2.05, 4.69) is 0 Å². The fraction of sp³-hybridized carbons (Fsp3) is 0.417. The summed E-state index contributed by atoms with van der Waals surface area (Å²) < 4.78 is 26.1. The summed E-state index contributed by atoms with van der Waals surface area (Å²) in [6.45, 7) is 5.67. The maximum Gasteiger partial charge on any atom is 0.337 e. The van der Waals surface area contributed by atoms with Crippen LogP contribution in [0.3, 0.4) is 0 Å². The van der Waals surface area contributed by atoms with Gasteiger partial charge in [-0.3, -0.25) is 0 Å². The Hall–Kier alpha value is -1.40. The molecule has 0 heterocycles. The second kappa shape index (κ2) is 5.49. The minimum absolute atomic E-state index is 0.110. The summed E-state index contributed by atoms with van der Waals surface area (Å²) >= 11 is 0. The van der Waals surface area contributed by atoms with Gasteiger partial charge in [0.15, 0.2) is 0 Å². The van der Waals surface area contributed by atoms with E-state index in [9.17, 15) is 13.2 Å². The zero-order chi connectivity index (χ0) is 13.9. The maximum atomic E-state index is 12.4. The average Bonchev–Trinajstić information content (AvgIpc) is 2.29. The standard InChI is InChI=1S/C12H17NO4S/c1-4-13(5-2)18(16,17)11-9(3)7-6-8-10(11)12(14)15/h6-8H,4-5H2,1-3H3,(H,14,15). The lowest BCUT2D eigenvalue weighted by molar-refractivity contribution is 0.0692. The molecular formula is C12H17NO4S. The molecule has 0 saturated heterocycles. The van der Waals surface area contributed by atoms with Crippen molar-refractivity contribution >= 4 is 16.0 Å². The number of nitrogens with zero attached hydrogens (tertiary/aromatic N) is 1. The first-order valence-electron chi connectivity index (χ1n) is 5.69. The van der Waals surface area contributed by atoms with Gasteiger partial charge in [-0.15, -0.1) is 0 Å². The van der Waals surface area contributed by atoms with Gasteiger partial charge in [0, 0.05) is 13.1 Å². The van der Waals surface area contributed by atoms with Crippen LogP contribution in [0.25, 0.3) is 0 Å². The molecule has 0 aliphatic heterocycles. The summed E-state index contributed by atoms with van der Waals surface area (Å²) in [7, 11) is -3.76. The van der Waals surface area contributed by atoms with Gasteiger partial charge in [-0.2, -0.15) is 4.31 Å². The summed E-state index contributed by atoms with van der Waals surface area (Å²) in [5.41, 5.74) is 0.267. The molecule has 0 bridgehead atoms. The van der Waals surface area contributed by atoms with Gasteiger partial charge in [0.25, 0.3) is 0 Å². The Morgan fingerprint density at radius 3 is 2.28 bits per heavy atom. The minimum Gasteiger partial charge on any atom is -0.478 e. The zero-order valence-electron chi connectivity index (χ0n) is 10.7. The van der Waals surface area contributed by atoms with E-state index in [1.807, 2.05) is 0 Å². The van der Waals surface area contributed by atoms with Crippen molar-refractivity contribution in [3.63, 3.8) is 0 Å². The van der Waals surface area contributed by atoms with Gasteiger partial charge in [-0.25, -0.2) is 13.2 Å². The average molecular weight is 271 g/mol. The summed E-state index contributed by atoms with van der Waals surface area (Å²) in [5, 5.41) is 9.10. The molecule has 18 heavy (non-hydrogen) atoms.